The van der Waals surface area contributed by atoms with Crippen LogP contribution < -0.4 is 10.6 Å². The maximum absolute atomic E-state index is 12.7. The Bertz CT molecular complexity index is 1650. The molecular formula is C39H45N3O7. The Kier molecular flexibility index (Phi) is 12.5. The minimum Gasteiger partial charge on any atom is -0.508 e. The number of ether oxygens (including phenoxy) is 2. The molecule has 1 unspecified atom stereocenters. The Morgan fingerprint density at radius 2 is 1.57 bits per heavy atom. The molecule has 0 saturated carbocycles. The zero-order chi connectivity index (χ0) is 34.8. The normalized spacial score (nSPS) is 18.8. The molecule has 0 spiro atoms. The smallest absolute Gasteiger partial charge is 0.315 e. The van der Waals surface area contributed by atoms with Gasteiger partial charge in [-0.15, -0.1) is 0 Å². The predicted octanol–water partition coefficient (Wildman–Crippen LogP) is 5.09. The van der Waals surface area contributed by atoms with Gasteiger partial charge < -0.3 is 40.3 Å². The number of likely N-dealkylation sites (N-methyl/N-ethyl adjacent to an activating group) is 1. The maximum atomic E-state index is 12.7. The van der Waals surface area contributed by atoms with Crippen LogP contribution in [-0.2, 0) is 33.8 Å². The third kappa shape index (κ3) is 10.5. The Morgan fingerprint density at radius 1 is 0.878 bits per heavy atom. The van der Waals surface area contributed by atoms with E-state index in [9.17, 15) is 24.9 Å². The molecular weight excluding hydrogens is 622 g/mol. The van der Waals surface area contributed by atoms with E-state index >= 15 is 0 Å². The third-order valence-corrected chi connectivity index (χ3v) is 8.65. The van der Waals surface area contributed by atoms with Gasteiger partial charge in [0.25, 0.3) is 0 Å². The first kappa shape index (κ1) is 35.7. The molecule has 0 radical (unpaired) electrons. The Morgan fingerprint density at radius 3 is 2.24 bits per heavy atom. The van der Waals surface area contributed by atoms with E-state index < -0.39 is 24.5 Å². The lowest BCUT2D eigenvalue weighted by Crippen LogP contribution is -2.46. The van der Waals surface area contributed by atoms with E-state index in [2.05, 4.69) is 10.6 Å². The standard InChI is InChI=1S/C39H45N3O7/c1-26(44)35(19-27-7-4-3-5-8-27)41-39(47)40-22-28-11-17-31(18-12-28)38-48-34(21-37(49-38)30-15-13-29(25-43)14-16-30)23-42(2)24-36(46)32-9-6-10-33(45)20-32/h3-18,20,34-38,43,45-46H,19,21-25H2,1-2H3,(H2,40,41,47)/t34-,35+,36+,37+,38?/m0/s1. The van der Waals surface area contributed by atoms with Crippen molar-refractivity contribution in [3.63, 3.8) is 0 Å². The molecule has 5 atom stereocenters. The average molecular weight is 668 g/mol. The van der Waals surface area contributed by atoms with Crippen LogP contribution in [0.25, 0.3) is 0 Å². The molecule has 0 bridgehead atoms. The second kappa shape index (κ2) is 17.2. The van der Waals surface area contributed by atoms with Crippen LogP contribution in [0.3, 0.4) is 0 Å². The summed E-state index contributed by atoms with van der Waals surface area (Å²) in [7, 11) is 1.92. The number of amides is 2. The number of nitrogens with one attached hydrogen (secondary N) is 2. The number of aromatic hydroxyl groups is 1. The molecule has 10 nitrogen and oxygen atoms in total. The number of urea groups is 1. The Hall–Kier alpha value is -4.58. The minimum absolute atomic E-state index is 0.0413. The summed E-state index contributed by atoms with van der Waals surface area (Å²) in [5.74, 6) is -0.00831. The maximum Gasteiger partial charge on any atom is 0.315 e. The molecule has 1 aliphatic heterocycles. The molecule has 0 aromatic heterocycles. The summed E-state index contributed by atoms with van der Waals surface area (Å²) >= 11 is 0. The fourth-order valence-corrected chi connectivity index (χ4v) is 5.92. The van der Waals surface area contributed by atoms with Gasteiger partial charge in [0.1, 0.15) is 5.75 Å². The van der Waals surface area contributed by atoms with Crippen molar-refractivity contribution in [1.29, 1.82) is 0 Å². The number of Topliss-reactive ketones (excluding diaryl/α,β-unsaturated/α-hetero) is 1. The van der Waals surface area contributed by atoms with Gasteiger partial charge in [-0.05, 0) is 60.3 Å². The van der Waals surface area contributed by atoms with Gasteiger partial charge in [0.15, 0.2) is 12.1 Å². The fraction of sp³-hybridized carbons (Fsp3) is 0.333. The number of hydrogen-bond donors (Lipinski definition) is 5. The molecule has 1 saturated heterocycles. The number of aliphatic hydroxyl groups is 2. The van der Waals surface area contributed by atoms with Gasteiger partial charge in [0.2, 0.25) is 0 Å². The number of phenols is 1. The summed E-state index contributed by atoms with van der Waals surface area (Å²) in [5.41, 5.74) is 5.08. The van der Waals surface area contributed by atoms with Crippen LogP contribution in [0.4, 0.5) is 4.79 Å². The fourth-order valence-electron chi connectivity index (χ4n) is 5.92. The van der Waals surface area contributed by atoms with Crippen molar-refractivity contribution in [3.05, 3.63) is 137 Å². The highest BCUT2D eigenvalue weighted by Gasteiger charge is 2.33. The minimum atomic E-state index is -0.782. The summed E-state index contributed by atoms with van der Waals surface area (Å²) < 4.78 is 12.9. The summed E-state index contributed by atoms with van der Waals surface area (Å²) in [6, 6.07) is 30.5. The quantitative estimate of drug-likeness (QED) is 0.125. The van der Waals surface area contributed by atoms with Crippen LogP contribution in [0.15, 0.2) is 103 Å². The van der Waals surface area contributed by atoms with E-state index in [1.165, 1.54) is 6.92 Å². The summed E-state index contributed by atoms with van der Waals surface area (Å²) in [5, 5.41) is 35.8. The highest BCUT2D eigenvalue weighted by Crippen LogP contribution is 2.38. The number of carbonyl (C=O) groups is 2. The van der Waals surface area contributed by atoms with Crippen LogP contribution >= 0.6 is 0 Å². The van der Waals surface area contributed by atoms with Gasteiger partial charge in [0, 0.05) is 31.6 Å². The number of nitrogens with zero attached hydrogens (tertiary/aromatic N) is 1. The molecule has 258 valence electrons. The summed E-state index contributed by atoms with van der Waals surface area (Å²) in [6.07, 6.45) is -0.931. The van der Waals surface area contributed by atoms with Crippen molar-refractivity contribution < 1.29 is 34.4 Å². The molecule has 49 heavy (non-hydrogen) atoms. The Balaban J connectivity index is 1.21. The number of hydrogen-bond acceptors (Lipinski definition) is 8. The molecule has 4 aromatic carbocycles. The van der Waals surface area contributed by atoms with Crippen molar-refractivity contribution >= 4 is 11.8 Å². The SMILES string of the molecule is CC(=O)[C@@H](Cc1ccccc1)NC(=O)NCc1ccc(C2O[C@H](CN(C)C[C@@H](O)c3cccc(O)c3)C[C@H](c3ccc(CO)cc3)O2)cc1. The summed E-state index contributed by atoms with van der Waals surface area (Å²) in [6.45, 7) is 2.58. The first-order valence-electron chi connectivity index (χ1n) is 16.5. The average Bonchev–Trinajstić information content (AvgIpc) is 3.11. The van der Waals surface area contributed by atoms with E-state index in [1.54, 1.807) is 24.3 Å². The number of ketones is 1. The lowest BCUT2D eigenvalue weighted by Gasteiger charge is -2.38. The van der Waals surface area contributed by atoms with E-state index in [0.717, 1.165) is 27.8 Å². The first-order valence-corrected chi connectivity index (χ1v) is 16.5. The largest absolute Gasteiger partial charge is 0.508 e. The van der Waals surface area contributed by atoms with Crippen molar-refractivity contribution in [2.45, 2.75) is 63.6 Å². The van der Waals surface area contributed by atoms with E-state index in [-0.39, 0.29) is 36.9 Å². The van der Waals surface area contributed by atoms with E-state index in [4.69, 9.17) is 9.47 Å². The van der Waals surface area contributed by atoms with E-state index in [0.29, 0.717) is 31.5 Å². The van der Waals surface area contributed by atoms with Gasteiger partial charge in [0.05, 0.1) is 31.0 Å². The molecule has 10 heteroatoms. The third-order valence-electron chi connectivity index (χ3n) is 8.65. The number of aliphatic hydroxyl groups excluding tert-OH is 2. The second-order valence-electron chi connectivity index (χ2n) is 12.6. The molecule has 2 amide bonds. The molecule has 0 aliphatic carbocycles. The highest BCUT2D eigenvalue weighted by molar-refractivity contribution is 5.87. The topological polar surface area (TPSA) is 141 Å². The van der Waals surface area contributed by atoms with Crippen molar-refractivity contribution in [2.24, 2.45) is 0 Å². The molecule has 4 aromatic rings. The lowest BCUT2D eigenvalue weighted by molar-refractivity contribution is -0.252. The van der Waals surface area contributed by atoms with Crippen LogP contribution in [0.5, 0.6) is 5.75 Å². The van der Waals surface area contributed by atoms with Crippen molar-refractivity contribution in [3.8, 4) is 5.75 Å². The highest BCUT2D eigenvalue weighted by atomic mass is 16.7. The van der Waals surface area contributed by atoms with Gasteiger partial charge in [-0.2, -0.15) is 0 Å². The number of carbonyl (C=O) groups excluding carboxylic acids is 2. The van der Waals surface area contributed by atoms with Gasteiger partial charge >= 0.3 is 6.03 Å². The molecule has 1 aliphatic rings. The summed E-state index contributed by atoms with van der Waals surface area (Å²) in [4.78, 5) is 26.9. The number of phenolic OH excluding ortho intramolecular Hbond substituents is 1. The van der Waals surface area contributed by atoms with E-state index in [1.807, 2.05) is 90.8 Å². The van der Waals surface area contributed by atoms with Crippen molar-refractivity contribution in [2.75, 3.05) is 20.1 Å². The van der Waals surface area contributed by atoms with Crippen LogP contribution in [0.1, 0.15) is 65.2 Å². The Labute approximate surface area is 287 Å². The molecule has 5 rings (SSSR count). The zero-order valence-electron chi connectivity index (χ0n) is 27.9. The van der Waals surface area contributed by atoms with Crippen LogP contribution in [0.2, 0.25) is 0 Å². The first-order chi connectivity index (χ1) is 23.7. The van der Waals surface area contributed by atoms with Crippen LogP contribution in [0, 0.1) is 0 Å². The second-order valence-corrected chi connectivity index (χ2v) is 12.6. The number of benzene rings is 4. The van der Waals surface area contributed by atoms with Crippen molar-refractivity contribution in [1.82, 2.24) is 15.5 Å². The van der Waals surface area contributed by atoms with Gasteiger partial charge in [-0.3, -0.25) is 4.79 Å². The zero-order valence-corrected chi connectivity index (χ0v) is 27.9. The number of rotatable bonds is 14. The lowest BCUT2D eigenvalue weighted by atomic mass is 9.99. The molecule has 1 heterocycles. The molecule has 5 N–H and O–H groups in total. The monoisotopic (exact) mass is 667 g/mol. The predicted molar refractivity (Wildman–Crippen MR) is 185 cm³/mol. The van der Waals surface area contributed by atoms with Gasteiger partial charge in [-0.1, -0.05) is 91.0 Å². The van der Waals surface area contributed by atoms with Gasteiger partial charge in [-0.25, -0.2) is 4.79 Å². The van der Waals surface area contributed by atoms with Crippen LogP contribution in [-0.4, -0.2) is 64.3 Å². The molecule has 1 fully saturated rings.